The predicted molar refractivity (Wildman–Crippen MR) is 118 cm³/mol. The van der Waals surface area contributed by atoms with Crippen LogP contribution < -0.4 is 10.6 Å². The van der Waals surface area contributed by atoms with Crippen molar-refractivity contribution in [3.05, 3.63) is 96.6 Å². The average Bonchev–Trinajstić information content (AvgIpc) is 2.67. The van der Waals surface area contributed by atoms with Crippen molar-refractivity contribution in [2.75, 3.05) is 0 Å². The van der Waals surface area contributed by atoms with Gasteiger partial charge in [-0.25, -0.2) is 0 Å². The Kier molecular flexibility index (Phi) is 4.38. The third-order valence-electron chi connectivity index (χ3n) is 5.59. The molecule has 0 N–H and O–H groups in total. The predicted octanol–water partition coefficient (Wildman–Crippen LogP) is 6.01. The van der Waals surface area contributed by atoms with Crippen molar-refractivity contribution in [2.45, 2.75) is 31.0 Å². The molecule has 0 amide bonds. The second kappa shape index (κ2) is 6.37. The second-order valence-electron chi connectivity index (χ2n) is 8.41. The number of rotatable bonds is 4. The summed E-state index contributed by atoms with van der Waals surface area (Å²) < 4.78 is 24.3. The molecule has 1 heterocycles. The normalized spacial score (nSPS) is 25.0. The molecule has 0 spiro atoms. The second-order valence-corrected chi connectivity index (χ2v) is 18.0. The van der Waals surface area contributed by atoms with Gasteiger partial charge in [-0.15, -0.1) is 0 Å². The molecular weight excluding hydrogens is 370 g/mol. The maximum atomic E-state index is 17.8. The third-order valence-corrected chi connectivity index (χ3v) is 15.8. The minimum atomic E-state index is -4.25. The summed E-state index contributed by atoms with van der Waals surface area (Å²) in [6, 6.07) is 29.4. The van der Waals surface area contributed by atoms with Crippen LogP contribution in [0.15, 0.2) is 91.0 Å². The Balaban J connectivity index is 1.97. The Morgan fingerprint density at radius 2 is 1.11 bits per heavy atom. The maximum absolute atomic E-state index is 17.8. The van der Waals surface area contributed by atoms with Gasteiger partial charge in [0.1, 0.15) is 0 Å². The van der Waals surface area contributed by atoms with Crippen LogP contribution in [-0.2, 0) is 4.52 Å². The molecule has 0 aliphatic carbocycles. The molecule has 4 rings (SSSR count). The average molecular weight is 397 g/mol. The molecule has 1 saturated heterocycles. The fraction of sp³-hybridized carbons (Fsp3) is 0.217. The van der Waals surface area contributed by atoms with Crippen molar-refractivity contribution < 1.29 is 8.72 Å². The summed E-state index contributed by atoms with van der Waals surface area (Å²) in [7, 11) is -6.19. The van der Waals surface area contributed by atoms with Gasteiger partial charge in [-0.2, -0.15) is 0 Å². The molecule has 0 saturated carbocycles. The van der Waals surface area contributed by atoms with Crippen molar-refractivity contribution >= 4 is 25.8 Å². The van der Waals surface area contributed by atoms with Crippen LogP contribution in [0.4, 0.5) is 4.20 Å². The summed E-state index contributed by atoms with van der Waals surface area (Å²) in [5.74, 6) is 0. The number of hydrogen-bond donors (Lipinski definition) is 0. The number of halogens is 1. The molecule has 0 bridgehead atoms. The van der Waals surface area contributed by atoms with E-state index in [9.17, 15) is 0 Å². The molecule has 1 aliphatic rings. The molecule has 1 nitrogen and oxygen atoms in total. The molecule has 3 aromatic rings. The van der Waals surface area contributed by atoms with E-state index < -0.39 is 15.2 Å². The monoisotopic (exact) mass is 396 g/mol. The van der Waals surface area contributed by atoms with Crippen LogP contribution >= 0.6 is 7.14 Å². The quantitative estimate of drug-likeness (QED) is 0.388. The van der Waals surface area contributed by atoms with E-state index in [1.165, 1.54) is 0 Å². The summed E-state index contributed by atoms with van der Waals surface area (Å²) in [6.07, 6.45) is -0.194. The van der Waals surface area contributed by atoms with E-state index in [4.69, 9.17) is 4.52 Å². The zero-order chi connectivity index (χ0) is 19.1. The summed E-state index contributed by atoms with van der Waals surface area (Å²) >= 11 is 0. The van der Waals surface area contributed by atoms with E-state index in [2.05, 4.69) is 31.8 Å². The summed E-state index contributed by atoms with van der Waals surface area (Å²) in [5, 5.41) is 1.32. The van der Waals surface area contributed by atoms with Gasteiger partial charge in [-0.05, 0) is 0 Å². The molecule has 0 unspecified atom stereocenters. The molecule has 2 atom stereocenters. The molecule has 0 radical (unpaired) electrons. The van der Waals surface area contributed by atoms with Gasteiger partial charge < -0.3 is 0 Å². The van der Waals surface area contributed by atoms with Gasteiger partial charge >= 0.3 is 162 Å². The van der Waals surface area contributed by atoms with Crippen LogP contribution in [0.3, 0.4) is 0 Å². The van der Waals surface area contributed by atoms with Crippen LogP contribution in [0, 0.1) is 0 Å². The Morgan fingerprint density at radius 1 is 0.704 bits per heavy atom. The van der Waals surface area contributed by atoms with Crippen molar-refractivity contribution in [2.24, 2.45) is 0 Å². The molecule has 1 aliphatic heterocycles. The topological polar surface area (TPSA) is 9.23 Å². The molecule has 1 fully saturated rings. The first-order valence-corrected chi connectivity index (χ1v) is 15.1. The van der Waals surface area contributed by atoms with Gasteiger partial charge in [-0.3, -0.25) is 0 Å². The van der Waals surface area contributed by atoms with E-state index >= 15 is 4.20 Å². The van der Waals surface area contributed by atoms with Gasteiger partial charge in [0, 0.05) is 0 Å². The summed E-state index contributed by atoms with van der Waals surface area (Å²) in [5.41, 5.74) is 1.08. The Bertz CT molecular complexity index is 885. The molecule has 4 heteroatoms. The molecule has 140 valence electrons. The first kappa shape index (κ1) is 18.6. The van der Waals surface area contributed by atoms with Crippen LogP contribution in [0.25, 0.3) is 0 Å². The number of hydrogen-bond acceptors (Lipinski definition) is 1. The third kappa shape index (κ3) is 2.72. The van der Waals surface area contributed by atoms with Gasteiger partial charge in [-0.1, -0.05) is 0 Å². The van der Waals surface area contributed by atoms with Crippen LogP contribution in [0.5, 0.6) is 0 Å². The minimum absolute atomic E-state index is 0.115. The first-order chi connectivity index (χ1) is 12.9. The van der Waals surface area contributed by atoms with Crippen molar-refractivity contribution in [3.63, 3.8) is 0 Å². The zero-order valence-corrected chi connectivity index (χ0v) is 17.9. The SMILES string of the molecule is C[Si](C)(C)[C@@H]1[C@H](c2ccccc2)OP1(F)(c1ccccc1)c1ccccc1. The zero-order valence-electron chi connectivity index (χ0n) is 16.0. The fourth-order valence-electron chi connectivity index (χ4n) is 4.56. The van der Waals surface area contributed by atoms with Crippen molar-refractivity contribution in [3.8, 4) is 0 Å². The van der Waals surface area contributed by atoms with E-state index in [0.717, 1.165) is 5.56 Å². The standard InChI is InChI=1S/C23H26FOPSi/c1-27(2,3)23-22(19-13-7-4-8-14-19)25-26(23,24,20-15-9-5-10-16-20)21-17-11-6-12-18-21/h4-18,22-23H,1-3H3/t22-,23+/m0/s1. The Hall–Kier alpha value is -1.80. The number of benzene rings is 3. The van der Waals surface area contributed by atoms with E-state index in [-0.39, 0.29) is 11.4 Å². The van der Waals surface area contributed by atoms with Gasteiger partial charge in [0.25, 0.3) is 0 Å². The van der Waals surface area contributed by atoms with Crippen LogP contribution in [0.1, 0.15) is 11.7 Å². The van der Waals surface area contributed by atoms with E-state index in [0.29, 0.717) is 10.6 Å². The summed E-state index contributed by atoms with van der Waals surface area (Å²) in [4.78, 5) is 0. The van der Waals surface area contributed by atoms with Crippen molar-refractivity contribution in [1.29, 1.82) is 0 Å². The van der Waals surface area contributed by atoms with Gasteiger partial charge in [0.15, 0.2) is 0 Å². The van der Waals surface area contributed by atoms with Crippen LogP contribution in [-0.4, -0.2) is 13.4 Å². The van der Waals surface area contributed by atoms with E-state index in [1.807, 2.05) is 78.9 Å². The van der Waals surface area contributed by atoms with Crippen LogP contribution in [0.2, 0.25) is 19.6 Å². The van der Waals surface area contributed by atoms with E-state index in [1.54, 1.807) is 0 Å². The molecule has 3 aromatic carbocycles. The Labute approximate surface area is 162 Å². The molecular formula is C23H26FOPSi. The first-order valence-electron chi connectivity index (χ1n) is 9.44. The Morgan fingerprint density at radius 3 is 1.52 bits per heavy atom. The molecule has 27 heavy (non-hydrogen) atoms. The fourth-order valence-corrected chi connectivity index (χ4v) is 16.4. The van der Waals surface area contributed by atoms with Crippen molar-refractivity contribution in [1.82, 2.24) is 0 Å². The van der Waals surface area contributed by atoms with Gasteiger partial charge in [0.05, 0.1) is 0 Å². The summed E-state index contributed by atoms with van der Waals surface area (Å²) in [6.45, 7) is 6.80. The molecule has 0 aromatic heterocycles. The van der Waals surface area contributed by atoms with Gasteiger partial charge in [0.2, 0.25) is 0 Å².